The summed E-state index contributed by atoms with van der Waals surface area (Å²) in [4.78, 5) is 10.1. The van der Waals surface area contributed by atoms with Crippen LogP contribution in [0.2, 0.25) is 0 Å². The molecular weight excluding hydrogens is 226 g/mol. The lowest BCUT2D eigenvalue weighted by molar-refractivity contribution is -0.131. The van der Waals surface area contributed by atoms with Crippen LogP contribution in [-0.4, -0.2) is 11.1 Å². The largest absolute Gasteiger partial charge is 0.478 e. The van der Waals surface area contributed by atoms with Crippen LogP contribution in [0.15, 0.2) is 60.7 Å². The molecular formula is C15H15NO2. The predicted molar refractivity (Wildman–Crippen MR) is 72.7 cm³/mol. The van der Waals surface area contributed by atoms with Crippen LogP contribution in [0, 0.1) is 11.3 Å². The molecule has 1 aromatic rings. The van der Waals surface area contributed by atoms with Crippen molar-refractivity contribution >= 4 is 12.0 Å². The molecule has 0 unspecified atom stereocenters. The van der Waals surface area contributed by atoms with Crippen LogP contribution in [0.3, 0.4) is 0 Å². The Morgan fingerprint density at radius 1 is 1.33 bits per heavy atom. The summed E-state index contributed by atoms with van der Waals surface area (Å²) in [6.07, 6.45) is 6.14. The Kier molecular flexibility index (Phi) is 8.22. The summed E-state index contributed by atoms with van der Waals surface area (Å²) >= 11 is 0. The zero-order valence-electron chi connectivity index (χ0n) is 10.2. The SMILES string of the molecule is C=C(C)C#N.O=C(O)C=CC=Cc1ccccc1. The first-order valence-electron chi connectivity index (χ1n) is 5.24. The standard InChI is InChI=1S/C11H10O2.C4H5N/c12-11(13)9-5-4-8-10-6-2-1-3-7-10;1-4(2)3-5/h1-9H,(H,12,13);1H2,2H3. The molecule has 3 heteroatoms. The number of hydrogen-bond donors (Lipinski definition) is 1. The van der Waals surface area contributed by atoms with Gasteiger partial charge in [0, 0.05) is 11.6 Å². The molecule has 0 radical (unpaired) electrons. The van der Waals surface area contributed by atoms with Crippen molar-refractivity contribution in [3.8, 4) is 6.07 Å². The zero-order valence-corrected chi connectivity index (χ0v) is 10.2. The fourth-order valence-corrected chi connectivity index (χ4v) is 0.869. The van der Waals surface area contributed by atoms with Gasteiger partial charge in [-0.1, -0.05) is 55.1 Å². The van der Waals surface area contributed by atoms with Crippen molar-refractivity contribution in [1.82, 2.24) is 0 Å². The number of carboxylic acid groups (broad SMARTS) is 1. The Morgan fingerprint density at radius 2 is 1.89 bits per heavy atom. The smallest absolute Gasteiger partial charge is 0.328 e. The number of rotatable bonds is 3. The van der Waals surface area contributed by atoms with Gasteiger partial charge >= 0.3 is 5.97 Å². The topological polar surface area (TPSA) is 61.1 Å². The highest BCUT2D eigenvalue weighted by Gasteiger charge is 1.82. The molecule has 0 heterocycles. The Bertz CT molecular complexity index is 479. The normalized spacial score (nSPS) is 9.56. The summed E-state index contributed by atoms with van der Waals surface area (Å²) in [5.74, 6) is -0.933. The van der Waals surface area contributed by atoms with E-state index in [1.165, 1.54) is 6.08 Å². The summed E-state index contributed by atoms with van der Waals surface area (Å²) in [5, 5.41) is 16.1. The maximum Gasteiger partial charge on any atom is 0.328 e. The average molecular weight is 241 g/mol. The van der Waals surface area contributed by atoms with Crippen molar-refractivity contribution < 1.29 is 9.90 Å². The molecule has 1 rings (SSSR count). The van der Waals surface area contributed by atoms with Crippen molar-refractivity contribution in [3.05, 3.63) is 66.3 Å². The minimum absolute atomic E-state index is 0.560. The number of benzene rings is 1. The van der Waals surface area contributed by atoms with E-state index in [9.17, 15) is 4.79 Å². The maximum atomic E-state index is 10.1. The summed E-state index contributed by atoms with van der Waals surface area (Å²) in [7, 11) is 0. The summed E-state index contributed by atoms with van der Waals surface area (Å²) in [5.41, 5.74) is 1.61. The van der Waals surface area contributed by atoms with Gasteiger partial charge in [-0.05, 0) is 12.5 Å². The number of carboxylic acids is 1. The Morgan fingerprint density at radius 3 is 2.33 bits per heavy atom. The van der Waals surface area contributed by atoms with E-state index in [-0.39, 0.29) is 0 Å². The van der Waals surface area contributed by atoms with Gasteiger partial charge in [0.1, 0.15) is 0 Å². The number of nitriles is 1. The Labute approximate surface area is 107 Å². The van der Waals surface area contributed by atoms with E-state index in [0.29, 0.717) is 5.57 Å². The minimum Gasteiger partial charge on any atom is -0.478 e. The molecule has 0 fully saturated rings. The molecule has 0 aromatic heterocycles. The van der Waals surface area contributed by atoms with E-state index in [4.69, 9.17) is 10.4 Å². The third-order valence-corrected chi connectivity index (χ3v) is 1.63. The van der Waals surface area contributed by atoms with E-state index in [1.807, 2.05) is 42.5 Å². The second-order valence-electron chi connectivity index (χ2n) is 3.36. The van der Waals surface area contributed by atoms with Gasteiger partial charge in [-0.3, -0.25) is 0 Å². The fraction of sp³-hybridized carbons (Fsp3) is 0.0667. The highest BCUT2D eigenvalue weighted by atomic mass is 16.4. The van der Waals surface area contributed by atoms with E-state index in [0.717, 1.165) is 11.6 Å². The number of hydrogen-bond acceptors (Lipinski definition) is 2. The summed E-state index contributed by atoms with van der Waals surface area (Å²) < 4.78 is 0. The zero-order chi connectivity index (χ0) is 13.8. The lowest BCUT2D eigenvalue weighted by atomic mass is 10.2. The maximum absolute atomic E-state index is 10.1. The molecule has 0 bridgehead atoms. The third kappa shape index (κ3) is 9.94. The molecule has 0 atom stereocenters. The van der Waals surface area contributed by atoms with Crippen molar-refractivity contribution in [2.75, 3.05) is 0 Å². The Hall–Kier alpha value is -2.60. The van der Waals surface area contributed by atoms with Crippen molar-refractivity contribution in [2.45, 2.75) is 6.92 Å². The molecule has 0 aliphatic heterocycles. The van der Waals surface area contributed by atoms with E-state index in [1.54, 1.807) is 13.0 Å². The van der Waals surface area contributed by atoms with Crippen LogP contribution in [0.4, 0.5) is 0 Å². The van der Waals surface area contributed by atoms with Crippen LogP contribution < -0.4 is 0 Å². The van der Waals surface area contributed by atoms with Gasteiger partial charge < -0.3 is 5.11 Å². The van der Waals surface area contributed by atoms with E-state index < -0.39 is 5.97 Å². The second-order valence-corrected chi connectivity index (χ2v) is 3.36. The molecule has 0 amide bonds. The predicted octanol–water partition coefficient (Wildman–Crippen LogP) is 3.43. The lowest BCUT2D eigenvalue weighted by Crippen LogP contribution is -1.84. The number of carbonyl (C=O) groups is 1. The molecule has 1 N–H and O–H groups in total. The summed E-state index contributed by atoms with van der Waals surface area (Å²) in [6, 6.07) is 11.5. The van der Waals surface area contributed by atoms with Crippen LogP contribution in [0.5, 0.6) is 0 Å². The average Bonchev–Trinajstić information content (AvgIpc) is 2.36. The monoisotopic (exact) mass is 241 g/mol. The van der Waals surface area contributed by atoms with Gasteiger partial charge in [0.2, 0.25) is 0 Å². The van der Waals surface area contributed by atoms with Gasteiger partial charge in [-0.25, -0.2) is 4.79 Å². The molecule has 1 aromatic carbocycles. The van der Waals surface area contributed by atoms with Crippen molar-refractivity contribution in [2.24, 2.45) is 0 Å². The van der Waals surface area contributed by atoms with Gasteiger partial charge in [-0.15, -0.1) is 0 Å². The van der Waals surface area contributed by atoms with Crippen LogP contribution in [0.25, 0.3) is 6.08 Å². The molecule has 0 aliphatic rings. The summed E-state index contributed by atoms with van der Waals surface area (Å²) in [6.45, 7) is 4.98. The van der Waals surface area contributed by atoms with Crippen LogP contribution >= 0.6 is 0 Å². The van der Waals surface area contributed by atoms with Gasteiger partial charge in [0.25, 0.3) is 0 Å². The first kappa shape index (κ1) is 15.4. The molecule has 92 valence electrons. The number of aliphatic carboxylic acids is 1. The second kappa shape index (κ2) is 9.61. The molecule has 3 nitrogen and oxygen atoms in total. The highest BCUT2D eigenvalue weighted by molar-refractivity contribution is 5.80. The van der Waals surface area contributed by atoms with Crippen molar-refractivity contribution in [3.63, 3.8) is 0 Å². The molecule has 18 heavy (non-hydrogen) atoms. The number of allylic oxidation sites excluding steroid dienone is 3. The molecule has 0 saturated carbocycles. The highest BCUT2D eigenvalue weighted by Crippen LogP contribution is 2.00. The van der Waals surface area contributed by atoms with Crippen LogP contribution in [-0.2, 0) is 4.79 Å². The third-order valence-electron chi connectivity index (χ3n) is 1.63. The molecule has 0 aliphatic carbocycles. The lowest BCUT2D eigenvalue weighted by Gasteiger charge is -1.87. The Balaban J connectivity index is 0.000000494. The van der Waals surface area contributed by atoms with Crippen LogP contribution in [0.1, 0.15) is 12.5 Å². The minimum atomic E-state index is -0.933. The number of nitrogens with zero attached hydrogens (tertiary/aromatic N) is 1. The first-order chi connectivity index (χ1) is 8.56. The fourth-order valence-electron chi connectivity index (χ4n) is 0.869. The molecule has 0 spiro atoms. The van der Waals surface area contributed by atoms with Crippen molar-refractivity contribution in [1.29, 1.82) is 5.26 Å². The first-order valence-corrected chi connectivity index (χ1v) is 5.24. The van der Waals surface area contributed by atoms with E-state index >= 15 is 0 Å². The van der Waals surface area contributed by atoms with Gasteiger partial charge in [0.05, 0.1) is 6.07 Å². The quantitative estimate of drug-likeness (QED) is 0.501. The van der Waals surface area contributed by atoms with Gasteiger partial charge in [-0.2, -0.15) is 5.26 Å². The molecule has 0 saturated heterocycles. The van der Waals surface area contributed by atoms with E-state index in [2.05, 4.69) is 6.58 Å². The van der Waals surface area contributed by atoms with Gasteiger partial charge in [0.15, 0.2) is 0 Å².